The third kappa shape index (κ3) is 8.82. The number of carbonyl (C=O) groups is 2. The molecule has 1 aromatic carbocycles. The fourth-order valence-corrected chi connectivity index (χ4v) is 6.10. The molecule has 1 aromatic rings. The first kappa shape index (κ1) is 28.5. The summed E-state index contributed by atoms with van der Waals surface area (Å²) in [6.07, 6.45) is 18.1. The average Bonchev–Trinajstić information content (AvgIpc) is 3.26. The topological polar surface area (TPSA) is 65.0 Å². The molecular weight excluding hydrogens is 468 g/mol. The summed E-state index contributed by atoms with van der Waals surface area (Å²) in [4.78, 5) is 33.4. The summed E-state index contributed by atoms with van der Waals surface area (Å²) in [6, 6.07) is 9.52. The summed E-state index contributed by atoms with van der Waals surface area (Å²) >= 11 is 1.66. The van der Waals surface area contributed by atoms with Crippen LogP contribution in [-0.4, -0.2) is 52.7 Å². The Labute approximate surface area is 222 Å². The number of hydrogen-bond donors (Lipinski definition) is 1. The highest BCUT2D eigenvalue weighted by atomic mass is 32.2. The SMILES string of the molecule is CCCCCCCCCCCCCCCCN1C(SCc2ccccc2)=NC2C1C(=O)NC(=O)N2C. The van der Waals surface area contributed by atoms with Crippen LogP contribution < -0.4 is 5.32 Å². The first-order chi connectivity index (χ1) is 17.6. The maximum Gasteiger partial charge on any atom is 0.325 e. The third-order valence-electron chi connectivity index (χ3n) is 7.29. The fourth-order valence-electron chi connectivity index (χ4n) is 5.05. The first-order valence-corrected chi connectivity index (χ1v) is 15.2. The van der Waals surface area contributed by atoms with Crippen LogP contribution in [0, 0.1) is 0 Å². The van der Waals surface area contributed by atoms with Crippen LogP contribution in [-0.2, 0) is 10.5 Å². The minimum Gasteiger partial charge on any atom is -0.336 e. The second-order valence-corrected chi connectivity index (χ2v) is 11.2. The van der Waals surface area contributed by atoms with Gasteiger partial charge in [0.1, 0.15) is 0 Å². The predicted octanol–water partition coefficient (Wildman–Crippen LogP) is 6.95. The van der Waals surface area contributed by atoms with Crippen LogP contribution in [0.4, 0.5) is 4.79 Å². The number of aliphatic imine (C=N–C) groups is 1. The van der Waals surface area contributed by atoms with E-state index >= 15 is 0 Å². The average molecular weight is 515 g/mol. The van der Waals surface area contributed by atoms with E-state index < -0.39 is 12.2 Å². The van der Waals surface area contributed by atoms with E-state index in [0.717, 1.165) is 23.9 Å². The number of urea groups is 1. The van der Waals surface area contributed by atoms with Crippen LogP contribution in [0.3, 0.4) is 0 Å². The molecule has 1 N–H and O–H groups in total. The Balaban J connectivity index is 1.36. The van der Waals surface area contributed by atoms with Gasteiger partial charge in [0.2, 0.25) is 0 Å². The molecule has 3 amide bonds. The Morgan fingerprint density at radius 1 is 0.833 bits per heavy atom. The van der Waals surface area contributed by atoms with E-state index in [1.165, 1.54) is 89.0 Å². The van der Waals surface area contributed by atoms with E-state index in [1.54, 1.807) is 23.7 Å². The van der Waals surface area contributed by atoms with Crippen LogP contribution in [0.25, 0.3) is 0 Å². The Kier molecular flexibility index (Phi) is 12.7. The normalized spacial score (nSPS) is 19.4. The van der Waals surface area contributed by atoms with Gasteiger partial charge >= 0.3 is 6.03 Å². The van der Waals surface area contributed by atoms with Crippen molar-refractivity contribution >= 4 is 28.9 Å². The van der Waals surface area contributed by atoms with Crippen molar-refractivity contribution in [2.75, 3.05) is 13.6 Å². The molecule has 2 aliphatic heterocycles. The molecule has 200 valence electrons. The molecule has 7 heteroatoms. The zero-order chi connectivity index (χ0) is 25.6. The van der Waals surface area contributed by atoms with Gasteiger partial charge in [0.15, 0.2) is 17.4 Å². The Bertz CT molecular complexity index is 832. The van der Waals surface area contributed by atoms with Gasteiger partial charge < -0.3 is 9.80 Å². The van der Waals surface area contributed by atoms with Gasteiger partial charge in [0, 0.05) is 19.3 Å². The van der Waals surface area contributed by atoms with E-state index in [0.29, 0.717) is 0 Å². The Morgan fingerprint density at radius 2 is 1.39 bits per heavy atom. The number of hydrogen-bond acceptors (Lipinski definition) is 5. The molecule has 2 atom stereocenters. The maximum absolute atomic E-state index is 12.7. The number of nitrogens with zero attached hydrogens (tertiary/aromatic N) is 3. The summed E-state index contributed by atoms with van der Waals surface area (Å²) in [7, 11) is 1.72. The lowest BCUT2D eigenvalue weighted by Crippen LogP contribution is -2.63. The van der Waals surface area contributed by atoms with Crippen molar-refractivity contribution in [3.05, 3.63) is 35.9 Å². The monoisotopic (exact) mass is 514 g/mol. The number of benzene rings is 1. The van der Waals surface area contributed by atoms with Gasteiger partial charge in [-0.2, -0.15) is 0 Å². The number of unbranched alkanes of at least 4 members (excludes halogenated alkanes) is 13. The highest BCUT2D eigenvalue weighted by molar-refractivity contribution is 8.13. The van der Waals surface area contributed by atoms with Gasteiger partial charge in [0.25, 0.3) is 5.91 Å². The number of amides is 3. The Hall–Kier alpha value is -2.02. The minimum atomic E-state index is -0.434. The highest BCUT2D eigenvalue weighted by Crippen LogP contribution is 2.30. The first-order valence-electron chi connectivity index (χ1n) is 14.2. The molecule has 6 nitrogen and oxygen atoms in total. The van der Waals surface area contributed by atoms with Crippen molar-refractivity contribution in [1.82, 2.24) is 15.1 Å². The number of amidine groups is 1. The number of likely N-dealkylation sites (N-methyl/N-ethyl adjacent to an activating group) is 1. The number of nitrogens with one attached hydrogen (secondary N) is 1. The minimum absolute atomic E-state index is 0.229. The number of rotatable bonds is 17. The molecule has 3 rings (SSSR count). The number of fused-ring (bicyclic) bond motifs is 1. The maximum atomic E-state index is 12.7. The molecule has 2 unspecified atom stereocenters. The molecule has 0 saturated carbocycles. The van der Waals surface area contributed by atoms with E-state index in [1.807, 2.05) is 18.2 Å². The van der Waals surface area contributed by atoms with Crippen molar-refractivity contribution in [2.45, 2.75) is 115 Å². The van der Waals surface area contributed by atoms with Gasteiger partial charge in [0.05, 0.1) is 0 Å². The van der Waals surface area contributed by atoms with E-state index in [4.69, 9.17) is 4.99 Å². The zero-order valence-corrected chi connectivity index (χ0v) is 23.2. The van der Waals surface area contributed by atoms with E-state index in [-0.39, 0.29) is 11.9 Å². The molecule has 0 spiro atoms. The summed E-state index contributed by atoms with van der Waals surface area (Å²) in [6.45, 7) is 3.08. The van der Waals surface area contributed by atoms with Gasteiger partial charge in [-0.3, -0.25) is 10.1 Å². The summed E-state index contributed by atoms with van der Waals surface area (Å²) < 4.78 is 0. The van der Waals surface area contributed by atoms with Crippen molar-refractivity contribution in [3.8, 4) is 0 Å². The van der Waals surface area contributed by atoms with E-state index in [9.17, 15) is 9.59 Å². The smallest absolute Gasteiger partial charge is 0.325 e. The number of imide groups is 1. The van der Waals surface area contributed by atoms with Crippen LogP contribution in [0.15, 0.2) is 35.3 Å². The van der Waals surface area contributed by atoms with Gasteiger partial charge in [-0.15, -0.1) is 0 Å². The van der Waals surface area contributed by atoms with Crippen molar-refractivity contribution in [1.29, 1.82) is 0 Å². The standard InChI is InChI=1S/C29H46N4O2S/c1-3-4-5-6-7-8-9-10-11-12-13-14-15-19-22-33-25-26(32(2)28(35)31-27(25)34)30-29(33)36-23-24-20-17-16-18-21-24/h16-18,20-21,25-26H,3-15,19,22-23H2,1-2H3,(H,31,34,35). The summed E-state index contributed by atoms with van der Waals surface area (Å²) in [5.41, 5.74) is 1.23. The quantitative estimate of drug-likeness (QED) is 0.229. The molecule has 0 aromatic heterocycles. The lowest BCUT2D eigenvalue weighted by atomic mass is 10.0. The molecule has 0 radical (unpaired) electrons. The summed E-state index contributed by atoms with van der Waals surface area (Å²) in [5.74, 6) is 0.570. The predicted molar refractivity (Wildman–Crippen MR) is 151 cm³/mol. The summed E-state index contributed by atoms with van der Waals surface area (Å²) in [5, 5.41) is 3.38. The second kappa shape index (κ2) is 16.0. The van der Waals surface area contributed by atoms with Crippen LogP contribution in [0.5, 0.6) is 0 Å². The molecule has 0 bridgehead atoms. The number of carbonyl (C=O) groups excluding carboxylic acids is 2. The lowest BCUT2D eigenvalue weighted by molar-refractivity contribution is -0.127. The largest absolute Gasteiger partial charge is 0.336 e. The van der Waals surface area contributed by atoms with Crippen LogP contribution in [0.1, 0.15) is 102 Å². The molecule has 0 aliphatic carbocycles. The molecule has 2 aliphatic rings. The molecule has 1 fully saturated rings. The lowest BCUT2D eigenvalue weighted by Gasteiger charge is -2.36. The van der Waals surface area contributed by atoms with Crippen LogP contribution >= 0.6 is 11.8 Å². The molecule has 2 heterocycles. The Morgan fingerprint density at radius 3 is 1.97 bits per heavy atom. The molecular formula is C29H46N4O2S. The fraction of sp³-hybridized carbons (Fsp3) is 0.690. The van der Waals surface area contributed by atoms with Crippen LogP contribution in [0.2, 0.25) is 0 Å². The molecule has 36 heavy (non-hydrogen) atoms. The van der Waals surface area contributed by atoms with Gasteiger partial charge in [-0.25, -0.2) is 9.79 Å². The number of thioether (sulfide) groups is 1. The third-order valence-corrected chi connectivity index (χ3v) is 8.36. The van der Waals surface area contributed by atoms with Crippen molar-refractivity contribution in [3.63, 3.8) is 0 Å². The zero-order valence-electron chi connectivity index (χ0n) is 22.4. The van der Waals surface area contributed by atoms with Crippen molar-refractivity contribution < 1.29 is 9.59 Å². The van der Waals surface area contributed by atoms with E-state index in [2.05, 4.69) is 29.3 Å². The van der Waals surface area contributed by atoms with Gasteiger partial charge in [-0.1, -0.05) is 132 Å². The highest BCUT2D eigenvalue weighted by Gasteiger charge is 2.48. The van der Waals surface area contributed by atoms with Crippen molar-refractivity contribution in [2.24, 2.45) is 4.99 Å². The van der Waals surface area contributed by atoms with Gasteiger partial charge in [-0.05, 0) is 12.0 Å². The molecule has 1 saturated heterocycles. The second-order valence-electron chi connectivity index (χ2n) is 10.2.